The van der Waals surface area contributed by atoms with E-state index >= 15 is 0 Å². The van der Waals surface area contributed by atoms with Crippen LogP contribution in [0.2, 0.25) is 0 Å². The first-order valence-electron chi connectivity index (χ1n) is 17.3. The predicted molar refractivity (Wildman–Crippen MR) is 162 cm³/mol. The number of alkyl halides is 6. The zero-order valence-electron chi connectivity index (χ0n) is 28.3. The van der Waals surface area contributed by atoms with Crippen LogP contribution in [0.25, 0.3) is 0 Å². The maximum atomic E-state index is 14.0. The Kier molecular flexibility index (Phi) is 11.6. The molecule has 4 aliphatic rings. The summed E-state index contributed by atoms with van der Waals surface area (Å²) in [5, 5.41) is 22.5. The molecule has 0 radical (unpaired) electrons. The molecule has 4 aliphatic carbocycles. The molecule has 0 N–H and O–H groups in total. The van der Waals surface area contributed by atoms with Gasteiger partial charge >= 0.3 is 12.4 Å². The van der Waals surface area contributed by atoms with Crippen molar-refractivity contribution in [1.82, 2.24) is 0 Å². The highest BCUT2D eigenvalue weighted by Crippen LogP contribution is 2.54. The molecule has 0 aromatic heterocycles. The fraction of sp³-hybridized carbons (Fsp3) is 1.00. The van der Waals surface area contributed by atoms with E-state index in [9.17, 15) is 46.6 Å². The summed E-state index contributed by atoms with van der Waals surface area (Å²) in [6, 6.07) is -2.43. The highest BCUT2D eigenvalue weighted by atomic mass is 19.4. The van der Waals surface area contributed by atoms with Crippen LogP contribution in [0.5, 0.6) is 0 Å². The van der Waals surface area contributed by atoms with Crippen LogP contribution in [0, 0.1) is 73.0 Å². The molecular weight excluding hydrogens is 634 g/mol. The van der Waals surface area contributed by atoms with Crippen molar-refractivity contribution in [1.29, 1.82) is 0 Å². The third-order valence-corrected chi connectivity index (χ3v) is 12.6. The molecular formula is C33H52F6N2O6. The van der Waals surface area contributed by atoms with Crippen LogP contribution in [0.1, 0.15) is 106 Å². The molecule has 8 nitrogen and oxygen atoms in total. The standard InChI is InChI=1S/C33H52F6N2O6/c1-17-11-21(12-18(2)29(17)46-27-9-7-23(40(42)43)15-25(27)32(34,35)36)31(5,6)22-13-19(3)30(20(4)14-22)47-28-10-8-24(41(44)45)16-26(28)33(37,38)39/h17-30H,7-16H2,1-6H3. The summed E-state index contributed by atoms with van der Waals surface area (Å²) < 4.78 is 96.2. The van der Waals surface area contributed by atoms with Gasteiger partial charge in [0.25, 0.3) is 0 Å². The van der Waals surface area contributed by atoms with E-state index in [0.717, 1.165) is 25.7 Å². The minimum absolute atomic E-state index is 0.00264. The van der Waals surface area contributed by atoms with E-state index in [-0.39, 0.29) is 66.6 Å². The Morgan fingerprint density at radius 1 is 0.553 bits per heavy atom. The van der Waals surface area contributed by atoms with E-state index in [1.165, 1.54) is 0 Å². The van der Waals surface area contributed by atoms with E-state index in [2.05, 4.69) is 13.8 Å². The number of nitrogens with zero attached hydrogens (tertiary/aromatic N) is 2. The SMILES string of the molecule is CC1CC(C(C)(C)C2CC(C)C(OC3CCC([N+](=O)[O-])CC3C(F)(F)F)C(C)C2)CC(C)C1OC1CCC([N+](=O)[O-])CC1C(F)(F)F. The lowest BCUT2D eigenvalue weighted by molar-refractivity contribution is -0.531. The first-order valence-corrected chi connectivity index (χ1v) is 17.3. The van der Waals surface area contributed by atoms with Crippen LogP contribution in [-0.2, 0) is 9.47 Å². The van der Waals surface area contributed by atoms with Gasteiger partial charge in [-0.05, 0) is 79.4 Å². The van der Waals surface area contributed by atoms with Crippen molar-refractivity contribution in [3.63, 3.8) is 0 Å². The zero-order valence-corrected chi connectivity index (χ0v) is 28.3. The van der Waals surface area contributed by atoms with Gasteiger partial charge in [-0.15, -0.1) is 0 Å². The summed E-state index contributed by atoms with van der Waals surface area (Å²) in [6.07, 6.45) is -10.1. The van der Waals surface area contributed by atoms with Gasteiger partial charge in [0.15, 0.2) is 0 Å². The first-order chi connectivity index (χ1) is 21.6. The number of halogens is 6. The molecule has 10 unspecified atom stereocenters. The van der Waals surface area contributed by atoms with Gasteiger partial charge in [0.05, 0.1) is 36.3 Å². The largest absolute Gasteiger partial charge is 0.394 e. The quantitative estimate of drug-likeness (QED) is 0.144. The molecule has 4 saturated carbocycles. The van der Waals surface area contributed by atoms with Gasteiger partial charge in [-0.3, -0.25) is 20.2 Å². The van der Waals surface area contributed by atoms with Crippen molar-refractivity contribution in [2.45, 2.75) is 155 Å². The third-order valence-electron chi connectivity index (χ3n) is 12.6. The van der Waals surface area contributed by atoms with Crippen molar-refractivity contribution in [2.75, 3.05) is 0 Å². The third kappa shape index (κ3) is 8.55. The molecule has 0 amide bonds. The van der Waals surface area contributed by atoms with Crippen LogP contribution < -0.4 is 0 Å². The molecule has 0 saturated heterocycles. The van der Waals surface area contributed by atoms with Crippen molar-refractivity contribution in [3.05, 3.63) is 20.2 Å². The second-order valence-corrected chi connectivity index (χ2v) is 16.1. The Bertz CT molecular complexity index is 998. The number of ether oxygens (including phenoxy) is 2. The molecule has 0 aromatic carbocycles. The zero-order chi connectivity index (χ0) is 35.2. The monoisotopic (exact) mass is 686 g/mol. The summed E-state index contributed by atoms with van der Waals surface area (Å²) in [7, 11) is 0. The van der Waals surface area contributed by atoms with E-state index in [1.54, 1.807) is 0 Å². The Labute approximate surface area is 273 Å². The Hall–Kier alpha value is -1.70. The highest BCUT2D eigenvalue weighted by molar-refractivity contribution is 4.98. The molecule has 272 valence electrons. The van der Waals surface area contributed by atoms with Gasteiger partial charge in [-0.2, -0.15) is 26.3 Å². The van der Waals surface area contributed by atoms with Gasteiger partial charge in [0.2, 0.25) is 12.1 Å². The molecule has 4 fully saturated rings. The fourth-order valence-corrected chi connectivity index (χ4v) is 9.77. The molecule has 0 aliphatic heterocycles. The lowest BCUT2D eigenvalue weighted by Gasteiger charge is -2.53. The Morgan fingerprint density at radius 2 is 0.851 bits per heavy atom. The molecule has 14 heteroatoms. The number of rotatable bonds is 8. The number of hydrogen-bond donors (Lipinski definition) is 0. The normalized spacial score (nSPS) is 42.6. The Morgan fingerprint density at radius 3 is 1.11 bits per heavy atom. The maximum absolute atomic E-state index is 14.0. The molecule has 47 heavy (non-hydrogen) atoms. The number of hydrogen-bond acceptors (Lipinski definition) is 6. The van der Waals surface area contributed by atoms with Crippen molar-refractivity contribution < 1.29 is 45.7 Å². The van der Waals surface area contributed by atoms with Crippen molar-refractivity contribution >= 4 is 0 Å². The second-order valence-electron chi connectivity index (χ2n) is 16.1. The van der Waals surface area contributed by atoms with Gasteiger partial charge < -0.3 is 9.47 Å². The van der Waals surface area contributed by atoms with Gasteiger partial charge in [-0.25, -0.2) is 0 Å². The molecule has 0 bridgehead atoms. The van der Waals surface area contributed by atoms with E-state index < -0.39 is 83.4 Å². The van der Waals surface area contributed by atoms with Crippen LogP contribution >= 0.6 is 0 Å². The fourth-order valence-electron chi connectivity index (χ4n) is 9.77. The minimum Gasteiger partial charge on any atom is -0.374 e. The average molecular weight is 687 g/mol. The lowest BCUT2D eigenvalue weighted by Crippen LogP contribution is -2.51. The minimum atomic E-state index is -4.58. The average Bonchev–Trinajstić information content (AvgIpc) is 2.95. The van der Waals surface area contributed by atoms with E-state index in [4.69, 9.17) is 9.47 Å². The van der Waals surface area contributed by atoms with Crippen molar-refractivity contribution in [2.24, 2.45) is 52.8 Å². The van der Waals surface area contributed by atoms with Crippen molar-refractivity contribution in [3.8, 4) is 0 Å². The van der Waals surface area contributed by atoms with Gasteiger partial charge in [0, 0.05) is 35.5 Å². The first kappa shape index (κ1) is 38.1. The smallest absolute Gasteiger partial charge is 0.374 e. The van der Waals surface area contributed by atoms with Crippen LogP contribution in [0.3, 0.4) is 0 Å². The van der Waals surface area contributed by atoms with Crippen LogP contribution in [0.4, 0.5) is 26.3 Å². The molecule has 0 spiro atoms. The summed E-state index contributed by atoms with van der Waals surface area (Å²) in [4.78, 5) is 21.3. The van der Waals surface area contributed by atoms with Gasteiger partial charge in [0.1, 0.15) is 0 Å². The number of nitro groups is 2. The highest BCUT2D eigenvalue weighted by Gasteiger charge is 2.55. The van der Waals surface area contributed by atoms with Crippen LogP contribution in [-0.4, -0.2) is 58.7 Å². The second kappa shape index (κ2) is 14.3. The molecule has 4 rings (SSSR count). The van der Waals surface area contributed by atoms with E-state index in [1.807, 2.05) is 27.7 Å². The maximum Gasteiger partial charge on any atom is 0.394 e. The summed E-state index contributed by atoms with van der Waals surface area (Å²) >= 11 is 0. The molecule has 10 atom stereocenters. The summed E-state index contributed by atoms with van der Waals surface area (Å²) in [5.41, 5.74) is -0.155. The molecule has 0 aromatic rings. The Balaban J connectivity index is 1.39. The molecule has 0 heterocycles. The van der Waals surface area contributed by atoms with Crippen LogP contribution in [0.15, 0.2) is 0 Å². The van der Waals surface area contributed by atoms with Gasteiger partial charge in [-0.1, -0.05) is 41.5 Å². The lowest BCUT2D eigenvalue weighted by atomic mass is 9.55. The predicted octanol–water partition coefficient (Wildman–Crippen LogP) is 8.90. The summed E-state index contributed by atoms with van der Waals surface area (Å²) in [6.45, 7) is 12.5. The summed E-state index contributed by atoms with van der Waals surface area (Å²) in [5.74, 6) is -3.30. The van der Waals surface area contributed by atoms with E-state index in [0.29, 0.717) is 0 Å². The topological polar surface area (TPSA) is 105 Å².